The largest absolute Gasteiger partial charge is 0.370 e. The van der Waals surface area contributed by atoms with Crippen LogP contribution in [0.1, 0.15) is 31.7 Å². The first-order valence-corrected chi connectivity index (χ1v) is 7.36. The van der Waals surface area contributed by atoms with E-state index in [9.17, 15) is 0 Å². The van der Waals surface area contributed by atoms with E-state index in [0.29, 0.717) is 6.54 Å². The van der Waals surface area contributed by atoms with Gasteiger partial charge in [-0.3, -0.25) is 0 Å². The molecule has 2 N–H and O–H groups in total. The molecule has 100 valence electrons. The van der Waals surface area contributed by atoms with Gasteiger partial charge < -0.3 is 10.6 Å². The molecule has 0 radical (unpaired) electrons. The van der Waals surface area contributed by atoms with Crippen LogP contribution in [0.5, 0.6) is 0 Å². The number of rotatable bonds is 5. The first-order valence-electron chi connectivity index (χ1n) is 6.98. The molecule has 3 heteroatoms. The van der Waals surface area contributed by atoms with Crippen molar-refractivity contribution >= 4 is 17.3 Å². The standard InChI is InChI=1S/C15H23ClN2/c1-2-4-12-8-10-18(11-12)15-13(7-9-17)5-3-6-14(15)16/h3,5-6,12H,2,4,7-11,17H2,1H3. The summed E-state index contributed by atoms with van der Waals surface area (Å²) in [7, 11) is 0. The Kier molecular flexibility index (Phi) is 4.90. The molecule has 1 atom stereocenters. The van der Waals surface area contributed by atoms with Gasteiger partial charge in [-0.2, -0.15) is 0 Å². The van der Waals surface area contributed by atoms with Crippen molar-refractivity contribution in [1.82, 2.24) is 0 Å². The highest BCUT2D eigenvalue weighted by molar-refractivity contribution is 6.33. The molecular weight excluding hydrogens is 244 g/mol. The van der Waals surface area contributed by atoms with Gasteiger partial charge in [0.15, 0.2) is 0 Å². The molecule has 0 aliphatic carbocycles. The van der Waals surface area contributed by atoms with Gasteiger partial charge in [-0.1, -0.05) is 37.1 Å². The molecule has 0 spiro atoms. The number of halogens is 1. The van der Waals surface area contributed by atoms with Crippen LogP contribution in [-0.2, 0) is 6.42 Å². The summed E-state index contributed by atoms with van der Waals surface area (Å²) in [4.78, 5) is 2.45. The summed E-state index contributed by atoms with van der Waals surface area (Å²) in [5, 5.41) is 0.873. The van der Waals surface area contributed by atoms with Crippen molar-refractivity contribution in [2.45, 2.75) is 32.6 Å². The lowest BCUT2D eigenvalue weighted by Gasteiger charge is -2.23. The number of benzene rings is 1. The van der Waals surface area contributed by atoms with Crippen LogP contribution in [0.25, 0.3) is 0 Å². The molecule has 0 amide bonds. The molecule has 0 aromatic heterocycles. The maximum Gasteiger partial charge on any atom is 0.0642 e. The molecule has 1 fully saturated rings. The zero-order valence-corrected chi connectivity index (χ0v) is 11.9. The van der Waals surface area contributed by atoms with E-state index in [1.165, 1.54) is 30.5 Å². The van der Waals surface area contributed by atoms with Crippen LogP contribution >= 0.6 is 11.6 Å². The summed E-state index contributed by atoms with van der Waals surface area (Å²) in [6.45, 7) is 5.22. The molecule has 1 unspecified atom stereocenters. The van der Waals surface area contributed by atoms with Crippen LogP contribution < -0.4 is 10.6 Å². The fourth-order valence-corrected chi connectivity index (χ4v) is 3.26. The van der Waals surface area contributed by atoms with Gasteiger partial charge in [0, 0.05) is 13.1 Å². The van der Waals surface area contributed by atoms with Crippen molar-refractivity contribution in [1.29, 1.82) is 0 Å². The van der Waals surface area contributed by atoms with Crippen molar-refractivity contribution < 1.29 is 0 Å². The minimum Gasteiger partial charge on any atom is -0.370 e. The molecular formula is C15H23ClN2. The quantitative estimate of drug-likeness (QED) is 0.884. The second-order valence-electron chi connectivity index (χ2n) is 5.18. The SMILES string of the molecule is CCCC1CCN(c2c(Cl)cccc2CCN)C1. The van der Waals surface area contributed by atoms with Crippen molar-refractivity contribution in [2.75, 3.05) is 24.5 Å². The Hall–Kier alpha value is -0.730. The van der Waals surface area contributed by atoms with E-state index in [1.807, 2.05) is 12.1 Å². The lowest BCUT2D eigenvalue weighted by atomic mass is 10.0. The fraction of sp³-hybridized carbons (Fsp3) is 0.600. The van der Waals surface area contributed by atoms with E-state index >= 15 is 0 Å². The van der Waals surface area contributed by atoms with E-state index in [4.69, 9.17) is 17.3 Å². The predicted molar refractivity (Wildman–Crippen MR) is 79.4 cm³/mol. The zero-order chi connectivity index (χ0) is 13.0. The zero-order valence-electron chi connectivity index (χ0n) is 11.2. The smallest absolute Gasteiger partial charge is 0.0642 e. The Balaban J connectivity index is 2.17. The average molecular weight is 267 g/mol. The number of hydrogen-bond donors (Lipinski definition) is 1. The molecule has 2 nitrogen and oxygen atoms in total. The van der Waals surface area contributed by atoms with E-state index in [0.717, 1.165) is 30.5 Å². The lowest BCUT2D eigenvalue weighted by Crippen LogP contribution is -2.22. The third-order valence-corrected chi connectivity index (χ3v) is 4.09. The van der Waals surface area contributed by atoms with Crippen LogP contribution in [0, 0.1) is 5.92 Å². The second-order valence-corrected chi connectivity index (χ2v) is 5.58. The van der Waals surface area contributed by atoms with Gasteiger partial charge in [0.05, 0.1) is 10.7 Å². The molecule has 0 saturated carbocycles. The van der Waals surface area contributed by atoms with E-state index < -0.39 is 0 Å². The van der Waals surface area contributed by atoms with Crippen LogP contribution in [0.4, 0.5) is 5.69 Å². The number of hydrogen-bond acceptors (Lipinski definition) is 2. The topological polar surface area (TPSA) is 29.3 Å². The Labute approximate surface area is 115 Å². The van der Waals surface area contributed by atoms with Crippen molar-refractivity contribution in [3.05, 3.63) is 28.8 Å². The van der Waals surface area contributed by atoms with Crippen LogP contribution in [0.15, 0.2) is 18.2 Å². The minimum absolute atomic E-state index is 0.680. The minimum atomic E-state index is 0.680. The van der Waals surface area contributed by atoms with E-state index in [1.54, 1.807) is 0 Å². The van der Waals surface area contributed by atoms with Gasteiger partial charge in [-0.15, -0.1) is 0 Å². The van der Waals surface area contributed by atoms with Gasteiger partial charge in [-0.05, 0) is 43.4 Å². The number of para-hydroxylation sites is 1. The molecule has 2 rings (SSSR count). The molecule has 1 aromatic rings. The van der Waals surface area contributed by atoms with Gasteiger partial charge in [-0.25, -0.2) is 0 Å². The highest BCUT2D eigenvalue weighted by Gasteiger charge is 2.24. The third kappa shape index (κ3) is 2.99. The van der Waals surface area contributed by atoms with Gasteiger partial charge >= 0.3 is 0 Å². The first kappa shape index (κ1) is 13.7. The van der Waals surface area contributed by atoms with Crippen LogP contribution in [-0.4, -0.2) is 19.6 Å². The highest BCUT2D eigenvalue weighted by atomic mass is 35.5. The van der Waals surface area contributed by atoms with Crippen LogP contribution in [0.2, 0.25) is 5.02 Å². The molecule has 1 aliphatic rings. The third-order valence-electron chi connectivity index (χ3n) is 3.78. The molecule has 1 saturated heterocycles. The van der Waals surface area contributed by atoms with E-state index in [-0.39, 0.29) is 0 Å². The summed E-state index contributed by atoms with van der Waals surface area (Å²) in [6.07, 6.45) is 4.80. The molecule has 1 aliphatic heterocycles. The predicted octanol–water partition coefficient (Wildman–Crippen LogP) is 3.47. The van der Waals surface area contributed by atoms with Gasteiger partial charge in [0.25, 0.3) is 0 Å². The number of anilines is 1. The molecule has 1 aromatic carbocycles. The van der Waals surface area contributed by atoms with Crippen molar-refractivity contribution in [2.24, 2.45) is 11.7 Å². The highest BCUT2D eigenvalue weighted by Crippen LogP contribution is 2.34. The van der Waals surface area contributed by atoms with Gasteiger partial charge in [0.2, 0.25) is 0 Å². The fourth-order valence-electron chi connectivity index (χ4n) is 2.95. The summed E-state index contributed by atoms with van der Waals surface area (Å²) in [5.41, 5.74) is 8.21. The number of nitrogens with two attached hydrogens (primary N) is 1. The molecule has 1 heterocycles. The molecule has 18 heavy (non-hydrogen) atoms. The monoisotopic (exact) mass is 266 g/mol. The Bertz CT molecular complexity index is 392. The Morgan fingerprint density at radius 3 is 3.00 bits per heavy atom. The summed E-state index contributed by atoms with van der Waals surface area (Å²) in [5.74, 6) is 0.831. The molecule has 0 bridgehead atoms. The Morgan fingerprint density at radius 2 is 2.28 bits per heavy atom. The summed E-state index contributed by atoms with van der Waals surface area (Å²) >= 11 is 6.39. The van der Waals surface area contributed by atoms with Crippen molar-refractivity contribution in [3.8, 4) is 0 Å². The maximum atomic E-state index is 6.39. The average Bonchev–Trinajstić information content (AvgIpc) is 2.78. The Morgan fingerprint density at radius 1 is 1.44 bits per heavy atom. The van der Waals surface area contributed by atoms with Crippen LogP contribution in [0.3, 0.4) is 0 Å². The normalized spacial score (nSPS) is 19.5. The maximum absolute atomic E-state index is 6.39. The first-order chi connectivity index (χ1) is 8.76. The van der Waals surface area contributed by atoms with Gasteiger partial charge in [0.1, 0.15) is 0 Å². The summed E-state index contributed by atoms with van der Waals surface area (Å²) in [6, 6.07) is 6.17. The van der Waals surface area contributed by atoms with E-state index in [2.05, 4.69) is 17.9 Å². The number of nitrogens with zero attached hydrogens (tertiary/aromatic N) is 1. The van der Waals surface area contributed by atoms with Crippen molar-refractivity contribution in [3.63, 3.8) is 0 Å². The lowest BCUT2D eigenvalue weighted by molar-refractivity contribution is 0.529. The summed E-state index contributed by atoms with van der Waals surface area (Å²) < 4.78 is 0. The second kappa shape index (κ2) is 6.44.